The summed E-state index contributed by atoms with van der Waals surface area (Å²) in [7, 11) is 0. The number of nitrogens with zero attached hydrogens (tertiary/aromatic N) is 1. The Balaban J connectivity index is 2.56. The molecule has 1 nitrogen and oxygen atoms in total. The number of benzene rings is 1. The van der Waals surface area contributed by atoms with Gasteiger partial charge in [-0.1, -0.05) is 38.5 Å². The van der Waals surface area contributed by atoms with E-state index in [1.807, 2.05) is 12.1 Å². The van der Waals surface area contributed by atoms with Crippen molar-refractivity contribution in [3.05, 3.63) is 35.6 Å². The number of hydrogen-bond acceptors (Lipinski definition) is 1. The van der Waals surface area contributed by atoms with E-state index in [0.29, 0.717) is 0 Å². The van der Waals surface area contributed by atoms with Gasteiger partial charge in [-0.15, -0.1) is 0 Å². The lowest BCUT2D eigenvalue weighted by Crippen LogP contribution is -2.25. The fourth-order valence-corrected chi connectivity index (χ4v) is 1.84. The Hall–Kier alpha value is -0.890. The molecular weight excluding hydrogens is 201 g/mol. The highest BCUT2D eigenvalue weighted by atomic mass is 19.1. The van der Waals surface area contributed by atoms with Gasteiger partial charge in [-0.3, -0.25) is 4.90 Å². The third kappa shape index (κ3) is 4.31. The smallest absolute Gasteiger partial charge is 0.127 e. The lowest BCUT2D eigenvalue weighted by atomic mass is 10.2. The van der Waals surface area contributed by atoms with E-state index in [4.69, 9.17) is 0 Å². The van der Waals surface area contributed by atoms with E-state index < -0.39 is 0 Å². The van der Waals surface area contributed by atoms with Gasteiger partial charge in [0.15, 0.2) is 0 Å². The minimum absolute atomic E-state index is 0.0832. The van der Waals surface area contributed by atoms with Gasteiger partial charge in [0.2, 0.25) is 0 Å². The number of unbranched alkanes of at least 4 members (excludes halogenated alkanes) is 1. The third-order valence-corrected chi connectivity index (χ3v) is 2.72. The lowest BCUT2D eigenvalue weighted by Gasteiger charge is -2.21. The van der Waals surface area contributed by atoms with Gasteiger partial charge in [-0.05, 0) is 32.0 Å². The van der Waals surface area contributed by atoms with Gasteiger partial charge < -0.3 is 0 Å². The van der Waals surface area contributed by atoms with Crippen LogP contribution in [0.3, 0.4) is 0 Å². The van der Waals surface area contributed by atoms with Crippen molar-refractivity contribution in [2.24, 2.45) is 0 Å². The molecule has 0 bridgehead atoms. The molecule has 0 aliphatic heterocycles. The predicted molar refractivity (Wildman–Crippen MR) is 66.9 cm³/mol. The normalized spacial score (nSPS) is 11.0. The Morgan fingerprint density at radius 2 is 1.81 bits per heavy atom. The SMILES string of the molecule is CCCCN(CCC)Cc1ccccc1F. The molecule has 90 valence electrons. The molecule has 0 saturated carbocycles. The zero-order valence-corrected chi connectivity index (χ0v) is 10.4. The molecule has 1 rings (SSSR count). The van der Waals surface area contributed by atoms with Crippen molar-refractivity contribution in [1.82, 2.24) is 4.90 Å². The molecule has 0 aliphatic rings. The Kier molecular flexibility index (Phi) is 6.09. The van der Waals surface area contributed by atoms with Crippen LogP contribution in [-0.2, 0) is 6.54 Å². The maximum Gasteiger partial charge on any atom is 0.127 e. The summed E-state index contributed by atoms with van der Waals surface area (Å²) in [5.41, 5.74) is 0.812. The van der Waals surface area contributed by atoms with Crippen LogP contribution in [0, 0.1) is 5.82 Å². The molecule has 0 atom stereocenters. The van der Waals surface area contributed by atoms with E-state index >= 15 is 0 Å². The first-order chi connectivity index (χ1) is 7.77. The van der Waals surface area contributed by atoms with Gasteiger partial charge in [0, 0.05) is 12.1 Å². The summed E-state index contributed by atoms with van der Waals surface area (Å²) < 4.78 is 13.5. The molecule has 0 amide bonds. The Morgan fingerprint density at radius 1 is 1.06 bits per heavy atom. The first kappa shape index (κ1) is 13.2. The molecular formula is C14H22FN. The second kappa shape index (κ2) is 7.39. The monoisotopic (exact) mass is 223 g/mol. The Bertz CT molecular complexity index is 299. The highest BCUT2D eigenvalue weighted by molar-refractivity contribution is 5.17. The van der Waals surface area contributed by atoms with Gasteiger partial charge in [0.1, 0.15) is 5.82 Å². The highest BCUT2D eigenvalue weighted by Crippen LogP contribution is 2.10. The molecule has 2 heteroatoms. The molecule has 16 heavy (non-hydrogen) atoms. The first-order valence-electron chi connectivity index (χ1n) is 6.23. The van der Waals surface area contributed by atoms with Gasteiger partial charge >= 0.3 is 0 Å². The van der Waals surface area contributed by atoms with Crippen LogP contribution in [0.15, 0.2) is 24.3 Å². The molecule has 0 radical (unpaired) electrons. The zero-order valence-electron chi connectivity index (χ0n) is 10.4. The van der Waals surface area contributed by atoms with Crippen molar-refractivity contribution in [3.8, 4) is 0 Å². The van der Waals surface area contributed by atoms with Gasteiger partial charge in [-0.25, -0.2) is 4.39 Å². The average Bonchev–Trinajstić information content (AvgIpc) is 2.29. The van der Waals surface area contributed by atoms with E-state index in [0.717, 1.165) is 31.6 Å². The van der Waals surface area contributed by atoms with Crippen molar-refractivity contribution < 1.29 is 4.39 Å². The minimum atomic E-state index is -0.0832. The first-order valence-corrected chi connectivity index (χ1v) is 6.23. The fourth-order valence-electron chi connectivity index (χ4n) is 1.84. The summed E-state index contributed by atoms with van der Waals surface area (Å²) in [6.07, 6.45) is 3.50. The van der Waals surface area contributed by atoms with Crippen molar-refractivity contribution in [2.45, 2.75) is 39.7 Å². The molecule has 0 heterocycles. The van der Waals surface area contributed by atoms with Gasteiger partial charge in [0.25, 0.3) is 0 Å². The highest BCUT2D eigenvalue weighted by Gasteiger charge is 2.07. The molecule has 0 aromatic heterocycles. The van der Waals surface area contributed by atoms with E-state index in [9.17, 15) is 4.39 Å². The number of halogens is 1. The Morgan fingerprint density at radius 3 is 2.44 bits per heavy atom. The molecule has 1 aromatic rings. The van der Waals surface area contributed by atoms with E-state index in [1.165, 1.54) is 12.8 Å². The maximum atomic E-state index is 13.5. The van der Waals surface area contributed by atoms with Crippen LogP contribution in [0.5, 0.6) is 0 Å². The molecule has 0 unspecified atom stereocenters. The molecule has 0 spiro atoms. The van der Waals surface area contributed by atoms with Crippen LogP contribution in [0.1, 0.15) is 38.7 Å². The predicted octanol–water partition coefficient (Wildman–Crippen LogP) is 3.84. The van der Waals surface area contributed by atoms with Gasteiger partial charge in [0.05, 0.1) is 0 Å². The Labute approximate surface area is 98.3 Å². The standard InChI is InChI=1S/C14H22FN/c1-3-5-11-16(10-4-2)12-13-8-6-7-9-14(13)15/h6-9H,3-5,10-12H2,1-2H3. The molecule has 1 aromatic carbocycles. The number of hydrogen-bond donors (Lipinski definition) is 0. The second-order valence-corrected chi connectivity index (χ2v) is 4.22. The van der Waals surface area contributed by atoms with E-state index in [2.05, 4.69) is 18.7 Å². The fraction of sp³-hybridized carbons (Fsp3) is 0.571. The maximum absolute atomic E-state index is 13.5. The summed E-state index contributed by atoms with van der Waals surface area (Å²) in [5, 5.41) is 0. The van der Waals surface area contributed by atoms with E-state index in [-0.39, 0.29) is 5.82 Å². The third-order valence-electron chi connectivity index (χ3n) is 2.72. The van der Waals surface area contributed by atoms with Crippen LogP contribution in [0.4, 0.5) is 4.39 Å². The van der Waals surface area contributed by atoms with Crippen LogP contribution in [0.25, 0.3) is 0 Å². The van der Waals surface area contributed by atoms with Crippen LogP contribution in [0.2, 0.25) is 0 Å². The largest absolute Gasteiger partial charge is 0.299 e. The van der Waals surface area contributed by atoms with Crippen molar-refractivity contribution in [2.75, 3.05) is 13.1 Å². The van der Waals surface area contributed by atoms with Crippen molar-refractivity contribution >= 4 is 0 Å². The van der Waals surface area contributed by atoms with Gasteiger partial charge in [-0.2, -0.15) is 0 Å². The zero-order chi connectivity index (χ0) is 11.8. The minimum Gasteiger partial charge on any atom is -0.299 e. The number of rotatable bonds is 7. The van der Waals surface area contributed by atoms with Crippen LogP contribution >= 0.6 is 0 Å². The van der Waals surface area contributed by atoms with Crippen LogP contribution in [-0.4, -0.2) is 18.0 Å². The topological polar surface area (TPSA) is 3.24 Å². The van der Waals surface area contributed by atoms with E-state index in [1.54, 1.807) is 12.1 Å². The summed E-state index contributed by atoms with van der Waals surface area (Å²) in [4.78, 5) is 2.34. The summed E-state index contributed by atoms with van der Waals surface area (Å²) >= 11 is 0. The lowest BCUT2D eigenvalue weighted by molar-refractivity contribution is 0.258. The van der Waals surface area contributed by atoms with Crippen molar-refractivity contribution in [3.63, 3.8) is 0 Å². The average molecular weight is 223 g/mol. The van der Waals surface area contributed by atoms with Crippen LogP contribution < -0.4 is 0 Å². The molecule has 0 fully saturated rings. The molecule has 0 N–H and O–H groups in total. The quantitative estimate of drug-likeness (QED) is 0.679. The molecule has 0 saturated heterocycles. The summed E-state index contributed by atoms with van der Waals surface area (Å²) in [5.74, 6) is -0.0832. The van der Waals surface area contributed by atoms with Crippen molar-refractivity contribution in [1.29, 1.82) is 0 Å². The summed E-state index contributed by atoms with van der Waals surface area (Å²) in [6, 6.07) is 7.07. The summed E-state index contributed by atoms with van der Waals surface area (Å²) in [6.45, 7) is 7.21. The second-order valence-electron chi connectivity index (χ2n) is 4.22. The molecule has 0 aliphatic carbocycles.